The average Bonchev–Trinajstić information content (AvgIpc) is 3.43. The van der Waals surface area contributed by atoms with Gasteiger partial charge in [-0.2, -0.15) is 5.10 Å². The minimum absolute atomic E-state index is 0.00810. The van der Waals surface area contributed by atoms with Crippen LogP contribution in [0.15, 0.2) is 59.7 Å². The van der Waals surface area contributed by atoms with Gasteiger partial charge in [0.1, 0.15) is 0 Å². The number of rotatable bonds is 5. The number of nitrogens with one attached hydrogen (secondary N) is 1. The number of benzene rings is 2. The van der Waals surface area contributed by atoms with Crippen molar-refractivity contribution in [3.05, 3.63) is 71.3 Å². The first-order valence-corrected chi connectivity index (χ1v) is 7.75. The van der Waals surface area contributed by atoms with Gasteiger partial charge in [-0.05, 0) is 35.6 Å². The molecule has 3 rings (SSSR count). The molecule has 122 valence electrons. The van der Waals surface area contributed by atoms with Crippen LogP contribution in [0.4, 0.5) is 0 Å². The predicted molar refractivity (Wildman–Crippen MR) is 90.8 cm³/mol. The highest BCUT2D eigenvalue weighted by Gasteiger charge is 2.43. The van der Waals surface area contributed by atoms with E-state index in [-0.39, 0.29) is 17.8 Å². The second kappa shape index (κ2) is 7.08. The molecule has 5 nitrogen and oxygen atoms in total. The molecule has 0 bridgehead atoms. The number of hydrogen-bond acceptors (Lipinski definition) is 4. The van der Waals surface area contributed by atoms with Gasteiger partial charge < -0.3 is 4.74 Å². The van der Waals surface area contributed by atoms with Gasteiger partial charge in [0.15, 0.2) is 0 Å². The minimum Gasteiger partial charge on any atom is -0.465 e. The minimum atomic E-state index is -0.382. The highest BCUT2D eigenvalue weighted by molar-refractivity contribution is 5.91. The molecule has 2 unspecified atom stereocenters. The summed E-state index contributed by atoms with van der Waals surface area (Å²) in [6.07, 6.45) is 2.41. The molecule has 24 heavy (non-hydrogen) atoms. The Morgan fingerprint density at radius 2 is 1.83 bits per heavy atom. The zero-order valence-electron chi connectivity index (χ0n) is 13.3. The van der Waals surface area contributed by atoms with Crippen LogP contribution in [0.5, 0.6) is 0 Å². The fraction of sp³-hybridized carbons (Fsp3) is 0.211. The first-order valence-electron chi connectivity index (χ1n) is 7.75. The van der Waals surface area contributed by atoms with Crippen molar-refractivity contribution in [3.8, 4) is 0 Å². The van der Waals surface area contributed by atoms with Gasteiger partial charge in [0.25, 0.3) is 0 Å². The summed E-state index contributed by atoms with van der Waals surface area (Å²) >= 11 is 0. The van der Waals surface area contributed by atoms with E-state index in [0.717, 1.165) is 12.0 Å². The van der Waals surface area contributed by atoms with Crippen LogP contribution in [0.1, 0.15) is 33.8 Å². The Morgan fingerprint density at radius 3 is 2.50 bits per heavy atom. The van der Waals surface area contributed by atoms with Crippen LogP contribution in [-0.2, 0) is 9.53 Å². The monoisotopic (exact) mass is 322 g/mol. The van der Waals surface area contributed by atoms with Gasteiger partial charge >= 0.3 is 5.97 Å². The lowest BCUT2D eigenvalue weighted by Gasteiger charge is -2.01. The lowest BCUT2D eigenvalue weighted by molar-refractivity contribution is -0.122. The maximum atomic E-state index is 12.1. The molecule has 2 aromatic rings. The van der Waals surface area contributed by atoms with E-state index in [0.29, 0.717) is 11.5 Å². The third-order valence-corrected chi connectivity index (χ3v) is 4.08. The summed E-state index contributed by atoms with van der Waals surface area (Å²) in [5.74, 6) is -0.161. The predicted octanol–water partition coefficient (Wildman–Crippen LogP) is 2.73. The average molecular weight is 322 g/mol. The van der Waals surface area contributed by atoms with E-state index < -0.39 is 0 Å². The Labute approximate surface area is 140 Å². The molecule has 1 aliphatic rings. The highest BCUT2D eigenvalue weighted by Crippen LogP contribution is 2.47. The Hall–Kier alpha value is -2.95. The van der Waals surface area contributed by atoms with E-state index in [1.807, 2.05) is 30.3 Å². The molecule has 1 aliphatic carbocycles. The molecule has 0 spiro atoms. The number of amides is 1. The SMILES string of the molecule is COC(=O)c1ccc(C=NNC(=O)C2CC2c2ccccc2)cc1. The fourth-order valence-corrected chi connectivity index (χ4v) is 2.63. The first-order chi connectivity index (χ1) is 11.7. The third-order valence-electron chi connectivity index (χ3n) is 4.08. The lowest BCUT2D eigenvalue weighted by atomic mass is 10.1. The fourth-order valence-electron chi connectivity index (χ4n) is 2.63. The number of esters is 1. The summed E-state index contributed by atoms with van der Waals surface area (Å²) < 4.78 is 4.64. The second-order valence-corrected chi connectivity index (χ2v) is 5.71. The summed E-state index contributed by atoms with van der Waals surface area (Å²) in [6.45, 7) is 0. The molecule has 1 amide bonds. The van der Waals surface area contributed by atoms with Crippen LogP contribution in [0, 0.1) is 5.92 Å². The first kappa shape index (κ1) is 15.9. The van der Waals surface area contributed by atoms with E-state index in [1.54, 1.807) is 30.5 Å². The van der Waals surface area contributed by atoms with E-state index in [1.165, 1.54) is 12.7 Å². The van der Waals surface area contributed by atoms with Gasteiger partial charge in [0.2, 0.25) is 5.91 Å². The van der Waals surface area contributed by atoms with Crippen molar-refractivity contribution in [2.45, 2.75) is 12.3 Å². The van der Waals surface area contributed by atoms with Crippen LogP contribution < -0.4 is 5.43 Å². The van der Waals surface area contributed by atoms with Gasteiger partial charge in [-0.25, -0.2) is 10.2 Å². The van der Waals surface area contributed by atoms with Crippen molar-refractivity contribution >= 4 is 18.1 Å². The molecule has 0 heterocycles. The third kappa shape index (κ3) is 3.68. The molecule has 0 aromatic heterocycles. The Morgan fingerprint density at radius 1 is 1.12 bits per heavy atom. The van der Waals surface area contributed by atoms with Gasteiger partial charge in [-0.15, -0.1) is 0 Å². The summed E-state index contributed by atoms with van der Waals surface area (Å²) in [4.78, 5) is 23.4. The quantitative estimate of drug-likeness (QED) is 0.523. The number of methoxy groups -OCH3 is 1. The van der Waals surface area contributed by atoms with E-state index >= 15 is 0 Å². The normalized spacial score (nSPS) is 19.0. The Bertz CT molecular complexity index is 754. The molecule has 1 fully saturated rings. The maximum absolute atomic E-state index is 12.1. The number of nitrogens with zero attached hydrogens (tertiary/aromatic N) is 1. The smallest absolute Gasteiger partial charge is 0.337 e. The van der Waals surface area contributed by atoms with E-state index in [4.69, 9.17) is 0 Å². The summed E-state index contributed by atoms with van der Waals surface area (Å²) in [7, 11) is 1.34. The lowest BCUT2D eigenvalue weighted by Crippen LogP contribution is -2.20. The van der Waals surface area contributed by atoms with Crippen molar-refractivity contribution in [2.24, 2.45) is 11.0 Å². The topological polar surface area (TPSA) is 67.8 Å². The van der Waals surface area contributed by atoms with Crippen molar-refractivity contribution in [2.75, 3.05) is 7.11 Å². The van der Waals surface area contributed by atoms with Crippen LogP contribution in [0.25, 0.3) is 0 Å². The molecule has 2 atom stereocenters. The van der Waals surface area contributed by atoms with Crippen molar-refractivity contribution in [1.82, 2.24) is 5.43 Å². The standard InChI is InChI=1S/C19H18N2O3/c1-24-19(23)15-9-7-13(8-10-15)12-20-21-18(22)17-11-16(17)14-5-3-2-4-6-14/h2-10,12,16-17H,11H2,1H3,(H,21,22). The molecule has 2 aromatic carbocycles. The molecular formula is C19H18N2O3. The van der Waals surface area contributed by atoms with Gasteiger partial charge in [0.05, 0.1) is 18.9 Å². The van der Waals surface area contributed by atoms with E-state index in [9.17, 15) is 9.59 Å². The molecule has 0 saturated heterocycles. The van der Waals surface area contributed by atoms with Gasteiger partial charge in [0, 0.05) is 5.92 Å². The molecular weight excluding hydrogens is 304 g/mol. The van der Waals surface area contributed by atoms with Crippen molar-refractivity contribution in [3.63, 3.8) is 0 Å². The molecule has 1 N–H and O–H groups in total. The highest BCUT2D eigenvalue weighted by atomic mass is 16.5. The molecule has 0 aliphatic heterocycles. The maximum Gasteiger partial charge on any atom is 0.337 e. The zero-order valence-corrected chi connectivity index (χ0v) is 13.3. The number of hydrazone groups is 1. The van der Waals surface area contributed by atoms with Crippen molar-refractivity contribution in [1.29, 1.82) is 0 Å². The van der Waals surface area contributed by atoms with Crippen LogP contribution in [0.2, 0.25) is 0 Å². The van der Waals surface area contributed by atoms with Gasteiger partial charge in [-0.1, -0.05) is 42.5 Å². The number of carbonyl (C=O) groups excluding carboxylic acids is 2. The summed E-state index contributed by atoms with van der Waals surface area (Å²) in [5.41, 5.74) is 5.04. The largest absolute Gasteiger partial charge is 0.465 e. The molecule has 1 saturated carbocycles. The second-order valence-electron chi connectivity index (χ2n) is 5.71. The van der Waals surface area contributed by atoms with Crippen LogP contribution in [-0.4, -0.2) is 25.2 Å². The number of ether oxygens (including phenoxy) is 1. The molecule has 5 heteroatoms. The van der Waals surface area contributed by atoms with Crippen LogP contribution in [0.3, 0.4) is 0 Å². The Balaban J connectivity index is 1.52. The number of hydrogen-bond donors (Lipinski definition) is 1. The summed E-state index contributed by atoms with van der Waals surface area (Å²) in [6, 6.07) is 16.8. The molecule has 0 radical (unpaired) electrons. The van der Waals surface area contributed by atoms with Crippen LogP contribution >= 0.6 is 0 Å². The Kier molecular flexibility index (Phi) is 4.70. The number of carbonyl (C=O) groups is 2. The zero-order chi connectivity index (χ0) is 16.9. The van der Waals surface area contributed by atoms with Crippen molar-refractivity contribution < 1.29 is 14.3 Å². The summed E-state index contributed by atoms with van der Waals surface area (Å²) in [5, 5.41) is 3.98. The van der Waals surface area contributed by atoms with E-state index in [2.05, 4.69) is 15.3 Å². The van der Waals surface area contributed by atoms with Gasteiger partial charge in [-0.3, -0.25) is 4.79 Å².